The summed E-state index contributed by atoms with van der Waals surface area (Å²) in [7, 11) is 0. The molecule has 104 valence electrons. The van der Waals surface area contributed by atoms with Gasteiger partial charge in [-0.3, -0.25) is 4.90 Å². The minimum absolute atomic E-state index is 0.679. The molecule has 3 heteroatoms. The number of fused-ring (bicyclic) bond motifs is 1. The van der Waals surface area contributed by atoms with E-state index in [-0.39, 0.29) is 0 Å². The van der Waals surface area contributed by atoms with Gasteiger partial charge in [-0.05, 0) is 50.4 Å². The number of nitrogens with one attached hydrogen (secondary N) is 1. The van der Waals surface area contributed by atoms with E-state index >= 15 is 0 Å². The van der Waals surface area contributed by atoms with Gasteiger partial charge in [0.1, 0.15) is 5.75 Å². The first-order chi connectivity index (χ1) is 9.36. The van der Waals surface area contributed by atoms with E-state index in [2.05, 4.69) is 28.4 Å². The summed E-state index contributed by atoms with van der Waals surface area (Å²) < 4.78 is 5.55. The number of nitrogens with zero attached hydrogens (tertiary/aromatic N) is 1. The second-order valence-corrected chi connectivity index (χ2v) is 5.60. The zero-order chi connectivity index (χ0) is 13.1. The molecule has 19 heavy (non-hydrogen) atoms. The highest BCUT2D eigenvalue weighted by Crippen LogP contribution is 2.28. The average molecular weight is 260 g/mol. The largest absolute Gasteiger partial charge is 0.494 e. The van der Waals surface area contributed by atoms with Gasteiger partial charge in [0.15, 0.2) is 0 Å². The van der Waals surface area contributed by atoms with Crippen molar-refractivity contribution in [3.05, 3.63) is 29.8 Å². The molecule has 2 aliphatic rings. The van der Waals surface area contributed by atoms with Crippen LogP contribution in [0.1, 0.15) is 31.7 Å². The molecule has 0 saturated carbocycles. The molecule has 2 fully saturated rings. The van der Waals surface area contributed by atoms with Crippen molar-refractivity contribution in [1.29, 1.82) is 0 Å². The second-order valence-electron chi connectivity index (χ2n) is 5.60. The predicted molar refractivity (Wildman–Crippen MR) is 77.5 cm³/mol. The van der Waals surface area contributed by atoms with Crippen LogP contribution >= 0.6 is 0 Å². The normalized spacial score (nSPS) is 26.6. The van der Waals surface area contributed by atoms with Crippen LogP contribution in [-0.2, 0) is 6.54 Å². The molecule has 0 aromatic heterocycles. The minimum Gasteiger partial charge on any atom is -0.494 e. The Bertz CT molecular complexity index is 421. The van der Waals surface area contributed by atoms with Crippen molar-refractivity contribution in [3.63, 3.8) is 0 Å². The molecule has 0 bridgehead atoms. The fourth-order valence-electron chi connectivity index (χ4n) is 3.48. The molecule has 0 radical (unpaired) electrons. The van der Waals surface area contributed by atoms with Crippen molar-refractivity contribution in [2.45, 2.75) is 44.8 Å². The Morgan fingerprint density at radius 3 is 3.16 bits per heavy atom. The highest BCUT2D eigenvalue weighted by molar-refractivity contribution is 5.28. The topological polar surface area (TPSA) is 24.5 Å². The van der Waals surface area contributed by atoms with Crippen LogP contribution in [0.5, 0.6) is 5.75 Å². The monoisotopic (exact) mass is 260 g/mol. The summed E-state index contributed by atoms with van der Waals surface area (Å²) in [6.07, 6.45) is 4.05. The van der Waals surface area contributed by atoms with Crippen LogP contribution < -0.4 is 10.1 Å². The third kappa shape index (κ3) is 2.93. The van der Waals surface area contributed by atoms with E-state index in [0.29, 0.717) is 6.04 Å². The smallest absolute Gasteiger partial charge is 0.119 e. The molecule has 1 N–H and O–H groups in total. The molecule has 1 aromatic carbocycles. The first-order valence-electron chi connectivity index (χ1n) is 7.56. The van der Waals surface area contributed by atoms with Gasteiger partial charge in [0, 0.05) is 25.2 Å². The maximum Gasteiger partial charge on any atom is 0.119 e. The molecule has 2 heterocycles. The van der Waals surface area contributed by atoms with Crippen LogP contribution in [0.3, 0.4) is 0 Å². The Hall–Kier alpha value is -1.06. The Morgan fingerprint density at radius 1 is 1.32 bits per heavy atom. The summed E-state index contributed by atoms with van der Waals surface area (Å²) >= 11 is 0. The third-order valence-electron chi connectivity index (χ3n) is 4.38. The summed E-state index contributed by atoms with van der Waals surface area (Å²) in [6.45, 7) is 6.30. The first kappa shape index (κ1) is 12.9. The minimum atomic E-state index is 0.679. The van der Waals surface area contributed by atoms with E-state index < -0.39 is 0 Å². The molecule has 2 unspecified atom stereocenters. The van der Waals surface area contributed by atoms with Crippen molar-refractivity contribution in [2.75, 3.05) is 19.7 Å². The van der Waals surface area contributed by atoms with E-state index in [0.717, 1.165) is 24.9 Å². The van der Waals surface area contributed by atoms with Gasteiger partial charge in [-0.1, -0.05) is 12.1 Å². The lowest BCUT2D eigenvalue weighted by molar-refractivity contribution is 0.298. The van der Waals surface area contributed by atoms with Crippen LogP contribution in [0.4, 0.5) is 0 Å². The van der Waals surface area contributed by atoms with Crippen LogP contribution in [0.25, 0.3) is 0 Å². The van der Waals surface area contributed by atoms with Crippen LogP contribution in [0, 0.1) is 0 Å². The Kier molecular flexibility index (Phi) is 4.04. The standard InChI is InChI=1S/C16H24N2O/c1-2-19-14-6-3-5-13(11-14)12-17-15-8-10-18-9-4-7-16(15)18/h3,5-6,11,15-17H,2,4,7-10,12H2,1H3. The third-order valence-corrected chi connectivity index (χ3v) is 4.38. The Labute approximate surface area is 115 Å². The molecule has 1 aromatic rings. The Morgan fingerprint density at radius 2 is 2.26 bits per heavy atom. The number of hydrogen-bond donors (Lipinski definition) is 1. The molecule has 0 aliphatic carbocycles. The van der Waals surface area contributed by atoms with E-state index in [9.17, 15) is 0 Å². The summed E-state index contributed by atoms with van der Waals surface area (Å²) in [5.41, 5.74) is 1.32. The summed E-state index contributed by atoms with van der Waals surface area (Å²) in [4.78, 5) is 2.65. The summed E-state index contributed by atoms with van der Waals surface area (Å²) in [5, 5.41) is 3.74. The predicted octanol–water partition coefficient (Wildman–Crippen LogP) is 2.41. The van der Waals surface area contributed by atoms with Crippen molar-refractivity contribution >= 4 is 0 Å². The fourth-order valence-corrected chi connectivity index (χ4v) is 3.48. The molecule has 3 nitrogen and oxygen atoms in total. The van der Waals surface area contributed by atoms with E-state index in [1.165, 1.54) is 37.9 Å². The average Bonchev–Trinajstić information content (AvgIpc) is 3.00. The van der Waals surface area contributed by atoms with E-state index in [1.807, 2.05) is 13.0 Å². The highest BCUT2D eigenvalue weighted by atomic mass is 16.5. The van der Waals surface area contributed by atoms with Gasteiger partial charge in [0.25, 0.3) is 0 Å². The molecule has 2 saturated heterocycles. The van der Waals surface area contributed by atoms with Crippen LogP contribution in [0.2, 0.25) is 0 Å². The first-order valence-corrected chi connectivity index (χ1v) is 7.56. The lowest BCUT2D eigenvalue weighted by Crippen LogP contribution is -2.38. The van der Waals surface area contributed by atoms with Crippen LogP contribution in [-0.4, -0.2) is 36.7 Å². The number of rotatable bonds is 5. The van der Waals surface area contributed by atoms with Gasteiger partial charge in [0.05, 0.1) is 6.61 Å². The maximum atomic E-state index is 5.55. The van der Waals surface area contributed by atoms with E-state index in [1.54, 1.807) is 0 Å². The molecule has 0 spiro atoms. The zero-order valence-corrected chi connectivity index (χ0v) is 11.8. The number of benzene rings is 1. The fraction of sp³-hybridized carbons (Fsp3) is 0.625. The maximum absolute atomic E-state index is 5.55. The SMILES string of the molecule is CCOc1cccc(CNC2CCN3CCCC23)c1. The van der Waals surface area contributed by atoms with Crippen LogP contribution in [0.15, 0.2) is 24.3 Å². The van der Waals surface area contributed by atoms with Gasteiger partial charge in [0.2, 0.25) is 0 Å². The van der Waals surface area contributed by atoms with Crippen molar-refractivity contribution in [1.82, 2.24) is 10.2 Å². The molecular weight excluding hydrogens is 236 g/mol. The van der Waals surface area contributed by atoms with Gasteiger partial charge < -0.3 is 10.1 Å². The van der Waals surface area contributed by atoms with Crippen molar-refractivity contribution in [3.8, 4) is 5.75 Å². The molecule has 2 atom stereocenters. The number of hydrogen-bond acceptors (Lipinski definition) is 3. The highest BCUT2D eigenvalue weighted by Gasteiger charge is 2.36. The summed E-state index contributed by atoms with van der Waals surface area (Å²) in [5.74, 6) is 0.982. The van der Waals surface area contributed by atoms with Gasteiger partial charge in [-0.15, -0.1) is 0 Å². The molecular formula is C16H24N2O. The van der Waals surface area contributed by atoms with Gasteiger partial charge in [-0.2, -0.15) is 0 Å². The molecule has 2 aliphatic heterocycles. The lowest BCUT2D eigenvalue weighted by atomic mass is 10.1. The lowest BCUT2D eigenvalue weighted by Gasteiger charge is -2.21. The quantitative estimate of drug-likeness (QED) is 0.880. The molecule has 3 rings (SSSR count). The Balaban J connectivity index is 1.55. The van der Waals surface area contributed by atoms with Crippen molar-refractivity contribution in [2.24, 2.45) is 0 Å². The second kappa shape index (κ2) is 5.93. The molecule has 0 amide bonds. The summed E-state index contributed by atoms with van der Waals surface area (Å²) in [6, 6.07) is 9.91. The number of ether oxygens (including phenoxy) is 1. The van der Waals surface area contributed by atoms with Crippen molar-refractivity contribution < 1.29 is 4.74 Å². The zero-order valence-electron chi connectivity index (χ0n) is 11.8. The van der Waals surface area contributed by atoms with Gasteiger partial charge >= 0.3 is 0 Å². The van der Waals surface area contributed by atoms with Gasteiger partial charge in [-0.25, -0.2) is 0 Å². The van der Waals surface area contributed by atoms with E-state index in [4.69, 9.17) is 4.74 Å².